The van der Waals surface area contributed by atoms with E-state index >= 15 is 0 Å². The molecule has 0 saturated carbocycles. The van der Waals surface area contributed by atoms with Crippen molar-refractivity contribution in [2.24, 2.45) is 23.2 Å². The van der Waals surface area contributed by atoms with Gasteiger partial charge in [-0.2, -0.15) is 0 Å². The number of rotatable bonds is 3. The number of carbonyl (C=O) groups is 2. The molecular weight excluding hydrogens is 410 g/mol. The zero-order valence-corrected chi connectivity index (χ0v) is 20.1. The van der Waals surface area contributed by atoms with Gasteiger partial charge < -0.3 is 25.4 Å². The van der Waals surface area contributed by atoms with Crippen LogP contribution < -0.4 is 5.32 Å². The predicted molar refractivity (Wildman–Crippen MR) is 121 cm³/mol. The van der Waals surface area contributed by atoms with Crippen molar-refractivity contribution < 1.29 is 29.6 Å². The molecule has 180 valence electrons. The normalized spacial score (nSPS) is 42.7. The first-order chi connectivity index (χ1) is 15.0. The molecule has 4 N–H and O–H groups in total. The van der Waals surface area contributed by atoms with E-state index in [1.165, 1.54) is 7.11 Å². The Balaban J connectivity index is 2.24. The van der Waals surface area contributed by atoms with E-state index in [2.05, 4.69) is 19.2 Å². The summed E-state index contributed by atoms with van der Waals surface area (Å²) in [6.07, 6.45) is -1.06. The van der Waals surface area contributed by atoms with Crippen LogP contribution in [0.3, 0.4) is 0 Å². The predicted octanol–water partition coefficient (Wildman–Crippen LogP) is 1.90. The number of nitrogens with one attached hydrogen (secondary N) is 1. The Morgan fingerprint density at radius 2 is 1.81 bits per heavy atom. The topological polar surface area (TPSA) is 116 Å². The molecule has 1 heterocycles. The lowest BCUT2D eigenvalue weighted by molar-refractivity contribution is -0.151. The minimum absolute atomic E-state index is 0.213. The highest BCUT2D eigenvalue weighted by Gasteiger charge is 2.67. The van der Waals surface area contributed by atoms with Crippen LogP contribution in [0.4, 0.5) is 0 Å². The zero-order valence-electron chi connectivity index (χ0n) is 20.1. The number of aliphatic hydroxyl groups excluding tert-OH is 3. The van der Waals surface area contributed by atoms with Gasteiger partial charge >= 0.3 is 0 Å². The number of ether oxygens (including phenoxy) is 1. The van der Waals surface area contributed by atoms with E-state index < -0.39 is 35.7 Å². The van der Waals surface area contributed by atoms with Gasteiger partial charge in [0.1, 0.15) is 11.5 Å². The summed E-state index contributed by atoms with van der Waals surface area (Å²) < 4.78 is 5.42. The fourth-order valence-corrected chi connectivity index (χ4v) is 6.12. The molecule has 1 aliphatic heterocycles. The van der Waals surface area contributed by atoms with E-state index in [9.17, 15) is 24.9 Å². The van der Waals surface area contributed by atoms with Crippen molar-refractivity contribution in [1.29, 1.82) is 0 Å². The van der Waals surface area contributed by atoms with Gasteiger partial charge in [0.2, 0.25) is 5.91 Å². The fraction of sp³-hybridized carbons (Fsp3) is 0.760. The first-order valence-corrected chi connectivity index (χ1v) is 11.7. The summed E-state index contributed by atoms with van der Waals surface area (Å²) in [7, 11) is 1.39. The third-order valence-corrected chi connectivity index (χ3v) is 7.93. The zero-order chi connectivity index (χ0) is 24.0. The van der Waals surface area contributed by atoms with Crippen molar-refractivity contribution >= 4 is 11.7 Å². The smallest absolute Gasteiger partial charge is 0.235 e. The van der Waals surface area contributed by atoms with Gasteiger partial charge in [-0.15, -0.1) is 0 Å². The van der Waals surface area contributed by atoms with Gasteiger partial charge in [-0.3, -0.25) is 9.59 Å². The highest BCUT2D eigenvalue weighted by Crippen LogP contribution is 2.56. The number of carbonyl (C=O) groups excluding carboxylic acids is 2. The van der Waals surface area contributed by atoms with Gasteiger partial charge in [-0.05, 0) is 51.5 Å². The summed E-state index contributed by atoms with van der Waals surface area (Å²) in [5.41, 5.74) is 1.07. The quantitative estimate of drug-likeness (QED) is 0.386. The number of hydrogen-bond acceptors (Lipinski definition) is 6. The average molecular weight is 450 g/mol. The Kier molecular flexibility index (Phi) is 7.35. The van der Waals surface area contributed by atoms with Crippen molar-refractivity contribution in [3.8, 4) is 0 Å². The lowest BCUT2D eigenvalue weighted by Crippen LogP contribution is -2.56. The summed E-state index contributed by atoms with van der Waals surface area (Å²) in [6.45, 7) is 9.84. The van der Waals surface area contributed by atoms with E-state index in [-0.39, 0.29) is 30.1 Å². The van der Waals surface area contributed by atoms with Crippen LogP contribution >= 0.6 is 0 Å². The second-order valence-corrected chi connectivity index (χ2v) is 10.4. The van der Waals surface area contributed by atoms with E-state index in [0.717, 1.165) is 23.1 Å². The molecule has 0 aromatic carbocycles. The largest absolute Gasteiger partial charge is 0.390 e. The first-order valence-electron chi connectivity index (χ1n) is 11.7. The first kappa shape index (κ1) is 25.1. The van der Waals surface area contributed by atoms with Crippen molar-refractivity contribution in [2.75, 3.05) is 7.11 Å². The summed E-state index contributed by atoms with van der Waals surface area (Å²) >= 11 is 0. The second kappa shape index (κ2) is 9.37. The number of methoxy groups -OCH3 is 1. The van der Waals surface area contributed by atoms with Crippen LogP contribution in [0, 0.1) is 23.2 Å². The average Bonchev–Trinajstić information content (AvgIpc) is 3.01. The third kappa shape index (κ3) is 3.98. The number of Topliss-reactive ketones (excluding diaryl/α,β-unsaturated/α-hetero) is 1. The molecule has 7 nitrogen and oxygen atoms in total. The monoisotopic (exact) mass is 449 g/mol. The van der Waals surface area contributed by atoms with Gasteiger partial charge in [0.05, 0.1) is 18.3 Å². The van der Waals surface area contributed by atoms with Crippen molar-refractivity contribution in [2.45, 2.75) is 90.8 Å². The molecule has 0 radical (unpaired) electrons. The van der Waals surface area contributed by atoms with Gasteiger partial charge in [0.25, 0.3) is 0 Å². The Morgan fingerprint density at radius 1 is 1.16 bits per heavy atom. The van der Waals surface area contributed by atoms with Crippen molar-refractivity contribution in [1.82, 2.24) is 5.32 Å². The second-order valence-electron chi connectivity index (χ2n) is 10.4. The third-order valence-electron chi connectivity index (χ3n) is 7.93. The van der Waals surface area contributed by atoms with Gasteiger partial charge in [0, 0.05) is 31.4 Å². The van der Waals surface area contributed by atoms with E-state index in [0.29, 0.717) is 18.8 Å². The van der Waals surface area contributed by atoms with Gasteiger partial charge in [0.15, 0.2) is 5.78 Å². The molecule has 1 fully saturated rings. The summed E-state index contributed by atoms with van der Waals surface area (Å²) in [6, 6.07) is -0.216. The maximum Gasteiger partial charge on any atom is 0.235 e. The van der Waals surface area contributed by atoms with Crippen LogP contribution in [-0.4, -0.2) is 64.6 Å². The van der Waals surface area contributed by atoms with Crippen LogP contribution in [0.1, 0.15) is 60.3 Å². The Morgan fingerprint density at radius 3 is 2.41 bits per heavy atom. The van der Waals surface area contributed by atoms with Crippen LogP contribution in [0.2, 0.25) is 0 Å². The van der Waals surface area contributed by atoms with E-state index in [4.69, 9.17) is 4.74 Å². The minimum atomic E-state index is -1.48. The molecule has 2 aliphatic carbocycles. The molecule has 3 rings (SSSR count). The van der Waals surface area contributed by atoms with Crippen molar-refractivity contribution in [3.63, 3.8) is 0 Å². The minimum Gasteiger partial charge on any atom is -0.390 e. The number of allylic oxidation sites excluding steroid dienone is 1. The number of amides is 1. The standard InChI is InChI=1S/C25H39NO6/c1-12(2)9-17-21-14(4)15(5)22(29)16-10-13(3)7-8-18(27)23(30)19(32-6)11-20(28)25(16,21)24(31)26-17/h10,12,16-19,21-23,27,29-30H,7-9,11H2,1-6H3,(H,26,31)/b13-10+/t16-,17-,18-,19+,21+,22-,23-,25-/m1/s1. The fourth-order valence-electron chi connectivity index (χ4n) is 6.12. The van der Waals surface area contributed by atoms with Crippen LogP contribution in [0.15, 0.2) is 22.8 Å². The molecule has 0 bridgehead atoms. The maximum atomic E-state index is 14.1. The maximum absolute atomic E-state index is 14.1. The van der Waals surface area contributed by atoms with E-state index in [1.807, 2.05) is 26.8 Å². The molecule has 8 atom stereocenters. The van der Waals surface area contributed by atoms with Gasteiger partial charge in [-0.25, -0.2) is 0 Å². The lowest BCUT2D eigenvalue weighted by Gasteiger charge is -2.46. The molecule has 1 amide bonds. The molecule has 1 saturated heterocycles. The highest BCUT2D eigenvalue weighted by molar-refractivity contribution is 6.10. The number of aliphatic hydroxyl groups is 3. The van der Waals surface area contributed by atoms with Gasteiger partial charge in [-0.1, -0.05) is 31.1 Å². The van der Waals surface area contributed by atoms with Crippen LogP contribution in [0.5, 0.6) is 0 Å². The summed E-state index contributed by atoms with van der Waals surface area (Å²) in [5.74, 6) is -1.51. The lowest BCUT2D eigenvalue weighted by atomic mass is 9.54. The van der Waals surface area contributed by atoms with Crippen LogP contribution in [-0.2, 0) is 14.3 Å². The Hall–Kier alpha value is -1.54. The Labute approximate surface area is 190 Å². The highest BCUT2D eigenvalue weighted by atomic mass is 16.5. The summed E-state index contributed by atoms with van der Waals surface area (Å²) in [5, 5.41) is 35.5. The van der Waals surface area contributed by atoms with E-state index in [1.54, 1.807) is 0 Å². The Bertz CT molecular complexity index is 817. The molecule has 3 aliphatic rings. The summed E-state index contributed by atoms with van der Waals surface area (Å²) in [4.78, 5) is 27.8. The molecule has 0 aromatic rings. The molecule has 0 aromatic heterocycles. The number of hydrogen-bond donors (Lipinski definition) is 4. The van der Waals surface area contributed by atoms with Crippen molar-refractivity contribution in [3.05, 3.63) is 22.8 Å². The molecule has 1 spiro atoms. The molecule has 32 heavy (non-hydrogen) atoms. The SMILES string of the molecule is CO[C@H]1CC(=O)[C@@]23C(=O)N[C@H](CC(C)C)[C@@H]2C(C)=C(C)[C@@H](O)[C@H]3/C=C(\C)CC[C@@H](O)[C@H]1O. The number of ketones is 1. The molecular formula is C25H39NO6. The molecule has 7 heteroatoms. The molecule has 0 unspecified atom stereocenters. The van der Waals surface area contributed by atoms with Crippen LogP contribution in [0.25, 0.3) is 0 Å².